The summed E-state index contributed by atoms with van der Waals surface area (Å²) >= 11 is 0. The molecule has 1 aromatic rings. The number of fused-ring (bicyclic) bond motifs is 1. The summed E-state index contributed by atoms with van der Waals surface area (Å²) < 4.78 is 30.6. The molecule has 3 heterocycles. The van der Waals surface area contributed by atoms with Crippen LogP contribution in [0.2, 0.25) is 0 Å². The summed E-state index contributed by atoms with van der Waals surface area (Å²) in [6.45, 7) is 4.34. The number of ether oxygens (including phenoxy) is 1. The summed E-state index contributed by atoms with van der Waals surface area (Å²) in [7, 11) is -3.12. The molecule has 0 aliphatic carbocycles. The average molecular weight is 378 g/mol. The SMILES string of the molecule is O=C([C@@H]1CCS(=O)(=O)[C@H]2CN(Cc3ccccc3)C[C@@H]12)N1CCOCC1. The topological polar surface area (TPSA) is 66.9 Å². The molecule has 1 amide bonds. The maximum Gasteiger partial charge on any atom is 0.226 e. The average Bonchev–Trinajstić information content (AvgIpc) is 3.08. The van der Waals surface area contributed by atoms with Crippen molar-refractivity contribution in [3.63, 3.8) is 0 Å². The molecule has 0 aromatic heterocycles. The third-order valence-electron chi connectivity index (χ3n) is 5.97. The molecule has 142 valence electrons. The van der Waals surface area contributed by atoms with Gasteiger partial charge in [0.25, 0.3) is 0 Å². The van der Waals surface area contributed by atoms with E-state index < -0.39 is 15.1 Å². The van der Waals surface area contributed by atoms with E-state index in [4.69, 9.17) is 4.74 Å². The van der Waals surface area contributed by atoms with E-state index in [1.54, 1.807) is 0 Å². The number of likely N-dealkylation sites (tertiary alicyclic amines) is 1. The van der Waals surface area contributed by atoms with Crippen LogP contribution in [0.3, 0.4) is 0 Å². The van der Waals surface area contributed by atoms with Gasteiger partial charge in [0.05, 0.1) is 24.2 Å². The Kier molecular flexibility index (Phi) is 5.03. The lowest BCUT2D eigenvalue weighted by Crippen LogP contribution is -2.50. The zero-order valence-corrected chi connectivity index (χ0v) is 15.7. The zero-order valence-electron chi connectivity index (χ0n) is 14.9. The molecule has 3 aliphatic rings. The molecule has 0 N–H and O–H groups in total. The molecular weight excluding hydrogens is 352 g/mol. The minimum atomic E-state index is -3.12. The van der Waals surface area contributed by atoms with Gasteiger partial charge in [0.1, 0.15) is 0 Å². The quantitative estimate of drug-likeness (QED) is 0.778. The number of carbonyl (C=O) groups is 1. The summed E-state index contributed by atoms with van der Waals surface area (Å²) in [5.41, 5.74) is 1.18. The van der Waals surface area contributed by atoms with Crippen molar-refractivity contribution < 1.29 is 17.9 Å². The number of rotatable bonds is 3. The zero-order chi connectivity index (χ0) is 18.1. The number of carbonyl (C=O) groups excluding carboxylic acids is 1. The summed E-state index contributed by atoms with van der Waals surface area (Å²) in [6, 6.07) is 10.1. The van der Waals surface area contributed by atoms with Gasteiger partial charge < -0.3 is 9.64 Å². The molecule has 3 aliphatic heterocycles. The van der Waals surface area contributed by atoms with E-state index >= 15 is 0 Å². The molecule has 0 unspecified atom stereocenters. The summed E-state index contributed by atoms with van der Waals surface area (Å²) in [5, 5.41) is -0.407. The first-order valence-corrected chi connectivity index (χ1v) is 11.1. The van der Waals surface area contributed by atoms with Crippen molar-refractivity contribution >= 4 is 15.7 Å². The second kappa shape index (κ2) is 7.29. The molecule has 7 heteroatoms. The fraction of sp³-hybridized carbons (Fsp3) is 0.632. The number of hydrogen-bond donors (Lipinski definition) is 0. The van der Waals surface area contributed by atoms with Crippen LogP contribution in [0.15, 0.2) is 30.3 Å². The van der Waals surface area contributed by atoms with Crippen molar-refractivity contribution in [2.45, 2.75) is 18.2 Å². The molecule has 26 heavy (non-hydrogen) atoms. The minimum Gasteiger partial charge on any atom is -0.378 e. The molecular formula is C19H26N2O4S. The van der Waals surface area contributed by atoms with Crippen LogP contribution >= 0.6 is 0 Å². The first-order chi connectivity index (χ1) is 12.5. The highest BCUT2D eigenvalue weighted by molar-refractivity contribution is 7.92. The van der Waals surface area contributed by atoms with Crippen LogP contribution in [0.25, 0.3) is 0 Å². The monoisotopic (exact) mass is 378 g/mol. The van der Waals surface area contributed by atoms with Crippen molar-refractivity contribution in [3.8, 4) is 0 Å². The third-order valence-corrected chi connectivity index (χ3v) is 8.19. The number of benzene rings is 1. The molecule has 3 saturated heterocycles. The Morgan fingerprint density at radius 1 is 1.12 bits per heavy atom. The van der Waals surface area contributed by atoms with Gasteiger partial charge in [0.15, 0.2) is 9.84 Å². The Labute approximate surface area is 155 Å². The molecule has 0 bridgehead atoms. The van der Waals surface area contributed by atoms with Gasteiger partial charge in [-0.05, 0) is 12.0 Å². The highest BCUT2D eigenvalue weighted by Gasteiger charge is 2.51. The van der Waals surface area contributed by atoms with Gasteiger partial charge in [-0.3, -0.25) is 9.69 Å². The number of amides is 1. The number of nitrogens with zero attached hydrogens (tertiary/aromatic N) is 2. The van der Waals surface area contributed by atoms with Gasteiger partial charge in [-0.1, -0.05) is 30.3 Å². The van der Waals surface area contributed by atoms with Crippen LogP contribution in [0.5, 0.6) is 0 Å². The molecule has 4 rings (SSSR count). The predicted octanol–water partition coefficient (Wildman–Crippen LogP) is 0.781. The lowest BCUT2D eigenvalue weighted by molar-refractivity contribution is -0.141. The van der Waals surface area contributed by atoms with E-state index in [1.807, 2.05) is 23.1 Å². The van der Waals surface area contributed by atoms with Crippen molar-refractivity contribution in [2.75, 3.05) is 45.1 Å². The van der Waals surface area contributed by atoms with Crippen molar-refractivity contribution in [1.29, 1.82) is 0 Å². The van der Waals surface area contributed by atoms with Crippen LogP contribution in [-0.2, 0) is 25.9 Å². The fourth-order valence-corrected chi connectivity index (χ4v) is 6.73. The van der Waals surface area contributed by atoms with Gasteiger partial charge >= 0.3 is 0 Å². The molecule has 3 fully saturated rings. The van der Waals surface area contributed by atoms with Gasteiger partial charge in [-0.15, -0.1) is 0 Å². The number of sulfone groups is 1. The van der Waals surface area contributed by atoms with Crippen molar-refractivity contribution in [1.82, 2.24) is 9.80 Å². The highest BCUT2D eigenvalue weighted by atomic mass is 32.2. The van der Waals surface area contributed by atoms with Crippen molar-refractivity contribution in [3.05, 3.63) is 35.9 Å². The van der Waals surface area contributed by atoms with Crippen LogP contribution in [0.1, 0.15) is 12.0 Å². The van der Waals surface area contributed by atoms with Gasteiger partial charge in [-0.2, -0.15) is 0 Å². The Morgan fingerprint density at radius 2 is 1.85 bits per heavy atom. The Bertz CT molecular complexity index is 746. The predicted molar refractivity (Wildman–Crippen MR) is 98.3 cm³/mol. The van der Waals surface area contributed by atoms with Gasteiger partial charge in [0.2, 0.25) is 5.91 Å². The van der Waals surface area contributed by atoms with Gasteiger partial charge in [-0.25, -0.2) is 8.42 Å². The normalized spacial score (nSPS) is 31.5. The molecule has 1 aromatic carbocycles. The number of hydrogen-bond acceptors (Lipinski definition) is 5. The van der Waals surface area contributed by atoms with Crippen LogP contribution < -0.4 is 0 Å². The Balaban J connectivity index is 1.51. The molecule has 0 saturated carbocycles. The smallest absolute Gasteiger partial charge is 0.226 e. The molecule has 6 nitrogen and oxygen atoms in total. The van der Waals surface area contributed by atoms with E-state index in [2.05, 4.69) is 17.0 Å². The highest BCUT2D eigenvalue weighted by Crippen LogP contribution is 2.38. The fourth-order valence-electron chi connectivity index (χ4n) is 4.60. The second-order valence-electron chi connectivity index (χ2n) is 7.58. The van der Waals surface area contributed by atoms with Crippen molar-refractivity contribution in [2.24, 2.45) is 11.8 Å². The minimum absolute atomic E-state index is 0.0900. The largest absolute Gasteiger partial charge is 0.378 e. The Morgan fingerprint density at radius 3 is 2.58 bits per heavy atom. The van der Waals surface area contributed by atoms with Crippen LogP contribution in [-0.4, -0.2) is 74.5 Å². The first kappa shape index (κ1) is 17.9. The van der Waals surface area contributed by atoms with E-state index in [9.17, 15) is 13.2 Å². The van der Waals surface area contributed by atoms with E-state index in [0.717, 1.165) is 6.54 Å². The summed E-state index contributed by atoms with van der Waals surface area (Å²) in [4.78, 5) is 17.1. The summed E-state index contributed by atoms with van der Waals surface area (Å²) in [5.74, 6) is -0.0105. The third kappa shape index (κ3) is 3.52. The second-order valence-corrected chi connectivity index (χ2v) is 9.92. The van der Waals surface area contributed by atoms with Crippen LogP contribution in [0.4, 0.5) is 0 Å². The number of morpholine rings is 1. The molecule has 0 radical (unpaired) electrons. The first-order valence-electron chi connectivity index (χ1n) is 9.39. The lowest BCUT2D eigenvalue weighted by Gasteiger charge is -2.36. The van der Waals surface area contributed by atoms with E-state index in [-0.39, 0.29) is 23.5 Å². The molecule has 0 spiro atoms. The van der Waals surface area contributed by atoms with Crippen LogP contribution in [0, 0.1) is 11.8 Å². The maximum atomic E-state index is 13.0. The van der Waals surface area contributed by atoms with Gasteiger partial charge in [0, 0.05) is 44.6 Å². The maximum absolute atomic E-state index is 13.0. The lowest BCUT2D eigenvalue weighted by atomic mass is 9.87. The summed E-state index contributed by atoms with van der Waals surface area (Å²) in [6.07, 6.45) is 0.457. The van der Waals surface area contributed by atoms with E-state index in [1.165, 1.54) is 5.56 Å². The molecule has 3 atom stereocenters. The Hall–Kier alpha value is -1.44. The van der Waals surface area contributed by atoms with E-state index in [0.29, 0.717) is 45.8 Å². The standard InChI is InChI=1S/C19H26N2O4S/c22-19(21-7-9-25-10-8-21)16-6-11-26(23,24)18-14-20(13-17(16)18)12-15-4-2-1-3-5-15/h1-5,16-18H,6-14H2/t16-,17+,18+/m1/s1.